The van der Waals surface area contributed by atoms with Crippen LogP contribution in [-0.2, 0) is 12.7 Å². The fraction of sp³-hybridized carbons (Fsp3) is 0.600. The lowest BCUT2D eigenvalue weighted by molar-refractivity contribution is -0.140. The molecular weight excluding hydrogens is 284 g/mol. The van der Waals surface area contributed by atoms with E-state index in [1.807, 2.05) is 6.92 Å². The van der Waals surface area contributed by atoms with E-state index in [0.29, 0.717) is 0 Å². The summed E-state index contributed by atoms with van der Waals surface area (Å²) in [5.74, 6) is -1.18. The summed E-state index contributed by atoms with van der Waals surface area (Å²) in [5.41, 5.74) is -1.15. The fourth-order valence-electron chi connectivity index (χ4n) is 2.64. The molecule has 1 aliphatic heterocycles. The van der Waals surface area contributed by atoms with Crippen molar-refractivity contribution in [3.8, 4) is 0 Å². The van der Waals surface area contributed by atoms with Crippen LogP contribution in [0.1, 0.15) is 30.9 Å². The van der Waals surface area contributed by atoms with Crippen LogP contribution in [0.2, 0.25) is 0 Å². The Hall–Kier alpha value is -1.14. The van der Waals surface area contributed by atoms with E-state index in [-0.39, 0.29) is 18.2 Å². The average molecular weight is 304 g/mol. The molecular formula is C15H20F4N2. The summed E-state index contributed by atoms with van der Waals surface area (Å²) in [4.78, 5) is 2.31. The number of halogens is 4. The molecule has 0 radical (unpaired) electrons. The van der Waals surface area contributed by atoms with Crippen LogP contribution in [0, 0.1) is 5.82 Å². The van der Waals surface area contributed by atoms with Crippen LogP contribution in [0.3, 0.4) is 0 Å². The van der Waals surface area contributed by atoms with Crippen molar-refractivity contribution in [3.05, 3.63) is 35.1 Å². The van der Waals surface area contributed by atoms with Gasteiger partial charge < -0.3 is 10.2 Å². The van der Waals surface area contributed by atoms with Crippen LogP contribution in [0.4, 0.5) is 17.6 Å². The van der Waals surface area contributed by atoms with Gasteiger partial charge in [-0.05, 0) is 38.9 Å². The molecule has 6 heteroatoms. The molecule has 0 saturated carbocycles. The van der Waals surface area contributed by atoms with E-state index in [1.165, 1.54) is 25.0 Å². The van der Waals surface area contributed by atoms with Crippen molar-refractivity contribution in [1.82, 2.24) is 10.2 Å². The van der Waals surface area contributed by atoms with Gasteiger partial charge in [0.25, 0.3) is 0 Å². The van der Waals surface area contributed by atoms with Crippen molar-refractivity contribution >= 4 is 0 Å². The van der Waals surface area contributed by atoms with Crippen LogP contribution < -0.4 is 5.32 Å². The standard InChI is InChI=1S/C15H20F4N2/c1-11(10-21-7-2-3-8-21)20-9-12-5-4-6-13(14(12)16)15(17,18)19/h4-6,11,20H,2-3,7-10H2,1H3. The highest BCUT2D eigenvalue weighted by atomic mass is 19.4. The van der Waals surface area contributed by atoms with Crippen molar-refractivity contribution in [2.75, 3.05) is 19.6 Å². The second-order valence-electron chi connectivity index (χ2n) is 5.57. The van der Waals surface area contributed by atoms with Gasteiger partial charge in [-0.15, -0.1) is 0 Å². The number of likely N-dealkylation sites (tertiary alicyclic amines) is 1. The molecule has 1 N–H and O–H groups in total. The van der Waals surface area contributed by atoms with Crippen molar-refractivity contribution in [3.63, 3.8) is 0 Å². The first-order valence-corrected chi connectivity index (χ1v) is 7.18. The topological polar surface area (TPSA) is 15.3 Å². The molecule has 1 aromatic rings. The van der Waals surface area contributed by atoms with Crippen molar-refractivity contribution in [2.45, 2.75) is 38.5 Å². The Morgan fingerprint density at radius 1 is 1.24 bits per heavy atom. The molecule has 1 aliphatic rings. The molecule has 21 heavy (non-hydrogen) atoms. The van der Waals surface area contributed by atoms with Crippen LogP contribution in [-0.4, -0.2) is 30.6 Å². The van der Waals surface area contributed by atoms with Crippen LogP contribution in [0.15, 0.2) is 18.2 Å². The van der Waals surface area contributed by atoms with Crippen LogP contribution in [0.25, 0.3) is 0 Å². The Balaban J connectivity index is 1.93. The lowest BCUT2D eigenvalue weighted by Gasteiger charge is -2.21. The molecule has 1 fully saturated rings. The van der Waals surface area contributed by atoms with Gasteiger partial charge in [0.2, 0.25) is 0 Å². The van der Waals surface area contributed by atoms with Crippen molar-refractivity contribution < 1.29 is 17.6 Å². The van der Waals surface area contributed by atoms with Gasteiger partial charge in [0.05, 0.1) is 5.56 Å². The highest BCUT2D eigenvalue weighted by molar-refractivity contribution is 5.28. The summed E-state index contributed by atoms with van der Waals surface area (Å²) >= 11 is 0. The van der Waals surface area contributed by atoms with Gasteiger partial charge in [0.1, 0.15) is 5.82 Å². The minimum absolute atomic E-state index is 0.0538. The Kier molecular flexibility index (Phi) is 5.22. The molecule has 118 valence electrons. The number of nitrogens with zero attached hydrogens (tertiary/aromatic N) is 1. The lowest BCUT2D eigenvalue weighted by atomic mass is 10.1. The van der Waals surface area contributed by atoms with E-state index in [4.69, 9.17) is 0 Å². The zero-order valence-corrected chi connectivity index (χ0v) is 12.0. The second-order valence-corrected chi connectivity index (χ2v) is 5.57. The number of hydrogen-bond acceptors (Lipinski definition) is 2. The third kappa shape index (κ3) is 4.41. The normalized spacial score (nSPS) is 18.1. The molecule has 2 nitrogen and oxygen atoms in total. The Morgan fingerprint density at radius 3 is 2.52 bits per heavy atom. The summed E-state index contributed by atoms with van der Waals surface area (Å²) in [6.07, 6.45) is -2.27. The van der Waals surface area contributed by atoms with Gasteiger partial charge in [-0.3, -0.25) is 0 Å². The number of alkyl halides is 3. The molecule has 2 rings (SSSR count). The number of nitrogens with one attached hydrogen (secondary N) is 1. The van der Waals surface area contributed by atoms with Gasteiger partial charge >= 0.3 is 6.18 Å². The van der Waals surface area contributed by atoms with Crippen molar-refractivity contribution in [2.24, 2.45) is 0 Å². The molecule has 1 aromatic carbocycles. The maximum atomic E-state index is 13.9. The number of benzene rings is 1. The predicted molar refractivity (Wildman–Crippen MR) is 73.4 cm³/mol. The van der Waals surface area contributed by atoms with E-state index in [9.17, 15) is 17.6 Å². The fourth-order valence-corrected chi connectivity index (χ4v) is 2.64. The Morgan fingerprint density at radius 2 is 1.90 bits per heavy atom. The largest absolute Gasteiger partial charge is 0.419 e. The third-order valence-corrected chi connectivity index (χ3v) is 3.76. The maximum absolute atomic E-state index is 13.9. The molecule has 1 heterocycles. The summed E-state index contributed by atoms with van der Waals surface area (Å²) in [5, 5.41) is 3.10. The van der Waals surface area contributed by atoms with E-state index >= 15 is 0 Å². The van der Waals surface area contributed by atoms with E-state index in [1.54, 1.807) is 0 Å². The first-order valence-electron chi connectivity index (χ1n) is 7.18. The highest BCUT2D eigenvalue weighted by Gasteiger charge is 2.34. The average Bonchev–Trinajstić information content (AvgIpc) is 2.89. The Bertz CT molecular complexity index is 467. The maximum Gasteiger partial charge on any atom is 0.419 e. The van der Waals surface area contributed by atoms with E-state index in [2.05, 4.69) is 10.2 Å². The molecule has 1 atom stereocenters. The smallest absolute Gasteiger partial charge is 0.309 e. The Labute approximate surface area is 122 Å². The van der Waals surface area contributed by atoms with Crippen molar-refractivity contribution in [1.29, 1.82) is 0 Å². The molecule has 0 aliphatic carbocycles. The van der Waals surface area contributed by atoms with Gasteiger partial charge in [0.15, 0.2) is 0 Å². The summed E-state index contributed by atoms with van der Waals surface area (Å²) in [6, 6.07) is 3.51. The molecule has 0 bridgehead atoms. The number of rotatable bonds is 5. The summed E-state index contributed by atoms with van der Waals surface area (Å²) in [6.45, 7) is 5.02. The van der Waals surface area contributed by atoms with Gasteiger partial charge in [-0.2, -0.15) is 13.2 Å². The quantitative estimate of drug-likeness (QED) is 0.839. The minimum Gasteiger partial charge on any atom is -0.309 e. The SMILES string of the molecule is CC(CN1CCCC1)NCc1cccc(C(F)(F)F)c1F. The van der Waals surface area contributed by atoms with Gasteiger partial charge in [0, 0.05) is 24.7 Å². The zero-order chi connectivity index (χ0) is 15.5. The predicted octanol–water partition coefficient (Wildman–Crippen LogP) is 3.42. The monoisotopic (exact) mass is 304 g/mol. The lowest BCUT2D eigenvalue weighted by Crippen LogP contribution is -2.37. The van der Waals surface area contributed by atoms with Crippen LogP contribution in [0.5, 0.6) is 0 Å². The molecule has 0 aromatic heterocycles. The first-order chi connectivity index (χ1) is 9.88. The van der Waals surface area contributed by atoms with E-state index in [0.717, 1.165) is 25.7 Å². The van der Waals surface area contributed by atoms with Gasteiger partial charge in [-0.1, -0.05) is 12.1 Å². The second kappa shape index (κ2) is 6.75. The number of hydrogen-bond donors (Lipinski definition) is 1. The molecule has 1 saturated heterocycles. The first kappa shape index (κ1) is 16.2. The highest BCUT2D eigenvalue weighted by Crippen LogP contribution is 2.32. The summed E-state index contributed by atoms with van der Waals surface area (Å²) in [7, 11) is 0. The molecule has 0 amide bonds. The molecule has 1 unspecified atom stereocenters. The van der Waals surface area contributed by atoms with E-state index < -0.39 is 17.6 Å². The van der Waals surface area contributed by atoms with Crippen LogP contribution >= 0.6 is 0 Å². The minimum atomic E-state index is -4.65. The van der Waals surface area contributed by atoms with Gasteiger partial charge in [-0.25, -0.2) is 4.39 Å². The molecule has 0 spiro atoms. The zero-order valence-electron chi connectivity index (χ0n) is 12.0. The third-order valence-electron chi connectivity index (χ3n) is 3.76. The summed E-state index contributed by atoms with van der Waals surface area (Å²) < 4.78 is 51.7.